The summed E-state index contributed by atoms with van der Waals surface area (Å²) in [4.78, 5) is 4.61. The molecule has 0 bridgehead atoms. The maximum Gasteiger partial charge on any atom is 0.138 e. The zero-order valence-corrected chi connectivity index (χ0v) is 14.1. The summed E-state index contributed by atoms with van der Waals surface area (Å²) in [7, 11) is 0. The van der Waals surface area contributed by atoms with Crippen LogP contribution in [0.1, 0.15) is 38.1 Å². The lowest BCUT2D eigenvalue weighted by molar-refractivity contribution is 0.159. The molecule has 0 saturated carbocycles. The van der Waals surface area contributed by atoms with E-state index in [4.69, 9.17) is 4.74 Å². The van der Waals surface area contributed by atoms with Crippen molar-refractivity contribution < 1.29 is 9.84 Å². The molecule has 4 nitrogen and oxygen atoms in total. The number of hydrogen-bond acceptors (Lipinski definition) is 3. The lowest BCUT2D eigenvalue weighted by Crippen LogP contribution is -2.09. The van der Waals surface area contributed by atoms with Gasteiger partial charge in [0, 0.05) is 6.54 Å². The molecule has 0 radical (unpaired) electrons. The lowest BCUT2D eigenvalue weighted by atomic mass is 10.2. The van der Waals surface area contributed by atoms with Crippen LogP contribution in [-0.2, 0) is 6.54 Å². The van der Waals surface area contributed by atoms with Crippen molar-refractivity contribution in [1.82, 2.24) is 9.55 Å². The minimum atomic E-state index is -0.516. The normalized spacial score (nSPS) is 12.4. The van der Waals surface area contributed by atoms with Crippen molar-refractivity contribution in [3.63, 3.8) is 0 Å². The van der Waals surface area contributed by atoms with Gasteiger partial charge in [0.2, 0.25) is 0 Å². The van der Waals surface area contributed by atoms with Gasteiger partial charge in [0.15, 0.2) is 0 Å². The number of rotatable bonds is 8. The molecule has 2 aromatic carbocycles. The number of nitrogens with zero attached hydrogens (tertiary/aromatic N) is 2. The van der Waals surface area contributed by atoms with Crippen LogP contribution in [0.2, 0.25) is 0 Å². The topological polar surface area (TPSA) is 47.3 Å². The van der Waals surface area contributed by atoms with Gasteiger partial charge in [-0.25, -0.2) is 4.98 Å². The van der Waals surface area contributed by atoms with Gasteiger partial charge >= 0.3 is 0 Å². The van der Waals surface area contributed by atoms with Gasteiger partial charge in [0.05, 0.1) is 17.6 Å². The molecule has 126 valence electrons. The highest BCUT2D eigenvalue weighted by molar-refractivity contribution is 5.76. The minimum Gasteiger partial charge on any atom is -0.494 e. The van der Waals surface area contributed by atoms with E-state index in [0.29, 0.717) is 13.0 Å². The van der Waals surface area contributed by atoms with E-state index in [1.54, 1.807) is 0 Å². The van der Waals surface area contributed by atoms with Crippen molar-refractivity contribution >= 4 is 11.0 Å². The molecule has 3 rings (SSSR count). The zero-order valence-electron chi connectivity index (χ0n) is 14.1. The first kappa shape index (κ1) is 16.5. The molecule has 4 heteroatoms. The number of fused-ring (bicyclic) bond motifs is 1. The fourth-order valence-corrected chi connectivity index (χ4v) is 2.84. The Kier molecular flexibility index (Phi) is 5.49. The number of aliphatic hydroxyl groups excluding tert-OH is 1. The third kappa shape index (κ3) is 3.77. The number of imidazole rings is 1. The van der Waals surface area contributed by atoms with Crippen LogP contribution < -0.4 is 4.74 Å². The monoisotopic (exact) mass is 324 g/mol. The number of unbranched alkanes of at least 4 members (excludes halogenated alkanes) is 1. The summed E-state index contributed by atoms with van der Waals surface area (Å²) in [5, 5.41) is 10.3. The van der Waals surface area contributed by atoms with Crippen LogP contribution in [0.4, 0.5) is 0 Å². The predicted molar refractivity (Wildman–Crippen MR) is 96.2 cm³/mol. The van der Waals surface area contributed by atoms with Gasteiger partial charge in [-0.05, 0) is 43.5 Å². The zero-order chi connectivity index (χ0) is 16.8. The molecule has 0 aliphatic heterocycles. The van der Waals surface area contributed by atoms with Gasteiger partial charge in [-0.3, -0.25) is 0 Å². The number of ether oxygens (including phenoxy) is 1. The second-order valence-corrected chi connectivity index (χ2v) is 5.90. The molecule has 0 amide bonds. The van der Waals surface area contributed by atoms with Gasteiger partial charge in [-0.1, -0.05) is 37.3 Å². The molecule has 0 spiro atoms. The minimum absolute atomic E-state index is 0.516. The third-order valence-corrected chi connectivity index (χ3v) is 4.16. The molecule has 0 saturated heterocycles. The summed E-state index contributed by atoms with van der Waals surface area (Å²) in [6.07, 6.45) is 2.10. The van der Waals surface area contributed by atoms with E-state index in [1.165, 1.54) is 0 Å². The maximum atomic E-state index is 10.3. The molecule has 1 N–H and O–H groups in total. The van der Waals surface area contributed by atoms with Crippen molar-refractivity contribution in [1.29, 1.82) is 0 Å². The van der Waals surface area contributed by atoms with Crippen LogP contribution in [0.25, 0.3) is 11.0 Å². The van der Waals surface area contributed by atoms with Crippen molar-refractivity contribution in [2.24, 2.45) is 0 Å². The molecule has 0 unspecified atom stereocenters. The number of aliphatic hydroxyl groups is 1. The van der Waals surface area contributed by atoms with Gasteiger partial charge in [-0.2, -0.15) is 0 Å². The first-order valence-electron chi connectivity index (χ1n) is 8.60. The van der Waals surface area contributed by atoms with E-state index in [2.05, 4.69) is 15.6 Å². The van der Waals surface area contributed by atoms with Crippen molar-refractivity contribution in [3.8, 4) is 5.75 Å². The third-order valence-electron chi connectivity index (χ3n) is 4.16. The first-order valence-corrected chi connectivity index (χ1v) is 8.60. The molecule has 0 aliphatic carbocycles. The molecule has 3 aromatic rings. The summed E-state index contributed by atoms with van der Waals surface area (Å²) >= 11 is 0. The predicted octanol–water partition coefficient (Wildman–Crippen LogP) is 4.34. The Balaban J connectivity index is 1.62. The SMILES string of the molecule is CC[C@@H](O)c1nc2ccccc2n1CCCCOc1ccccc1. The quantitative estimate of drug-likeness (QED) is 0.627. The maximum absolute atomic E-state index is 10.3. The molecule has 24 heavy (non-hydrogen) atoms. The second-order valence-electron chi connectivity index (χ2n) is 5.90. The van der Waals surface area contributed by atoms with Gasteiger partial charge in [-0.15, -0.1) is 0 Å². The molecule has 1 heterocycles. The van der Waals surface area contributed by atoms with Gasteiger partial charge in [0.25, 0.3) is 0 Å². The highest BCUT2D eigenvalue weighted by Crippen LogP contribution is 2.23. The van der Waals surface area contributed by atoms with Crippen LogP contribution in [0, 0.1) is 0 Å². The Bertz CT molecular complexity index is 768. The molecular weight excluding hydrogens is 300 g/mol. The standard InChI is InChI=1S/C20H24N2O2/c1-2-19(23)20-21-17-12-6-7-13-18(17)22(20)14-8-9-15-24-16-10-4-3-5-11-16/h3-7,10-13,19,23H,2,8-9,14-15H2,1H3/t19-/m1/s1. The molecule has 0 aliphatic rings. The average molecular weight is 324 g/mol. The summed E-state index contributed by atoms with van der Waals surface area (Å²) < 4.78 is 7.88. The Morgan fingerprint density at radius 2 is 1.79 bits per heavy atom. The Morgan fingerprint density at radius 3 is 2.58 bits per heavy atom. The second kappa shape index (κ2) is 7.97. The lowest BCUT2D eigenvalue weighted by Gasteiger charge is -2.13. The summed E-state index contributed by atoms with van der Waals surface area (Å²) in [6, 6.07) is 17.9. The van der Waals surface area contributed by atoms with E-state index in [1.807, 2.05) is 55.5 Å². The summed E-state index contributed by atoms with van der Waals surface area (Å²) in [5.41, 5.74) is 2.03. The van der Waals surface area contributed by atoms with Gasteiger partial charge < -0.3 is 14.4 Å². The van der Waals surface area contributed by atoms with Crippen LogP contribution in [0.3, 0.4) is 0 Å². The van der Waals surface area contributed by atoms with Crippen molar-refractivity contribution in [3.05, 3.63) is 60.4 Å². The number of para-hydroxylation sites is 3. The number of aromatic nitrogens is 2. The van der Waals surface area contributed by atoms with E-state index in [0.717, 1.165) is 42.0 Å². The molecule has 1 atom stereocenters. The fourth-order valence-electron chi connectivity index (χ4n) is 2.84. The first-order chi connectivity index (χ1) is 11.8. The summed E-state index contributed by atoms with van der Waals surface area (Å²) in [6.45, 7) is 3.51. The fraction of sp³-hybridized carbons (Fsp3) is 0.350. The van der Waals surface area contributed by atoms with Gasteiger partial charge in [0.1, 0.15) is 17.7 Å². The van der Waals surface area contributed by atoms with E-state index in [9.17, 15) is 5.11 Å². The van der Waals surface area contributed by atoms with Crippen LogP contribution in [0.5, 0.6) is 5.75 Å². The smallest absolute Gasteiger partial charge is 0.138 e. The largest absolute Gasteiger partial charge is 0.494 e. The highest BCUT2D eigenvalue weighted by Gasteiger charge is 2.16. The van der Waals surface area contributed by atoms with Crippen LogP contribution >= 0.6 is 0 Å². The summed E-state index contributed by atoms with van der Waals surface area (Å²) in [5.74, 6) is 1.68. The van der Waals surface area contributed by atoms with Crippen molar-refractivity contribution in [2.75, 3.05) is 6.61 Å². The Labute approximate surface area is 142 Å². The Hall–Kier alpha value is -2.33. The number of aryl methyl sites for hydroxylation is 1. The van der Waals surface area contributed by atoms with Crippen LogP contribution in [0.15, 0.2) is 54.6 Å². The van der Waals surface area contributed by atoms with E-state index >= 15 is 0 Å². The van der Waals surface area contributed by atoms with E-state index < -0.39 is 6.10 Å². The molecular formula is C20H24N2O2. The van der Waals surface area contributed by atoms with Crippen molar-refractivity contribution in [2.45, 2.75) is 38.8 Å². The molecule has 1 aromatic heterocycles. The average Bonchev–Trinajstić information content (AvgIpc) is 3.00. The highest BCUT2D eigenvalue weighted by atomic mass is 16.5. The van der Waals surface area contributed by atoms with E-state index in [-0.39, 0.29) is 0 Å². The molecule has 0 fully saturated rings. The number of benzene rings is 2. The Morgan fingerprint density at radius 1 is 1.04 bits per heavy atom. The number of hydrogen-bond donors (Lipinski definition) is 1. The van der Waals surface area contributed by atoms with Crippen LogP contribution in [-0.4, -0.2) is 21.3 Å².